The number of thioether (sulfide) groups is 1. The maximum Gasteiger partial charge on any atom is 0.270 e. The highest BCUT2D eigenvalue weighted by molar-refractivity contribution is 7.98. The van der Waals surface area contributed by atoms with Crippen molar-refractivity contribution in [2.75, 3.05) is 18.6 Å². The van der Waals surface area contributed by atoms with Crippen molar-refractivity contribution < 1.29 is 19.9 Å². The summed E-state index contributed by atoms with van der Waals surface area (Å²) in [6.45, 7) is 1.55. The molecule has 0 aliphatic rings. The molecule has 0 aliphatic heterocycles. The van der Waals surface area contributed by atoms with Gasteiger partial charge in [0.1, 0.15) is 5.75 Å². The number of nitrogens with zero attached hydrogens (tertiary/aromatic N) is 1. The van der Waals surface area contributed by atoms with Gasteiger partial charge in [-0.05, 0) is 19.2 Å². The predicted octanol–water partition coefficient (Wildman–Crippen LogP) is 1.14. The molecule has 1 aromatic carbocycles. The van der Waals surface area contributed by atoms with Gasteiger partial charge in [0.15, 0.2) is 0 Å². The Hall–Kier alpha value is -1.80. The summed E-state index contributed by atoms with van der Waals surface area (Å²) >= 11 is 1.43. The first kappa shape index (κ1) is 16.3. The minimum absolute atomic E-state index is 0.0190. The van der Waals surface area contributed by atoms with Crippen molar-refractivity contribution in [3.05, 3.63) is 33.9 Å². The van der Waals surface area contributed by atoms with Crippen LogP contribution in [0, 0.1) is 10.1 Å². The van der Waals surface area contributed by atoms with Gasteiger partial charge >= 0.3 is 0 Å². The van der Waals surface area contributed by atoms with E-state index >= 15 is 0 Å². The summed E-state index contributed by atoms with van der Waals surface area (Å²) < 4.78 is 0. The molecule has 0 unspecified atom stereocenters. The Morgan fingerprint density at radius 3 is 2.75 bits per heavy atom. The van der Waals surface area contributed by atoms with Gasteiger partial charge in [-0.2, -0.15) is 11.8 Å². The lowest BCUT2D eigenvalue weighted by Crippen LogP contribution is -2.42. The van der Waals surface area contributed by atoms with E-state index in [9.17, 15) is 25.1 Å². The number of phenolic OH excluding ortho intramolecular Hbond substituents is 1. The van der Waals surface area contributed by atoms with Gasteiger partial charge in [0.2, 0.25) is 0 Å². The average Bonchev–Trinajstić information content (AvgIpc) is 2.36. The molecule has 0 saturated carbocycles. The largest absolute Gasteiger partial charge is 0.507 e. The van der Waals surface area contributed by atoms with Crippen molar-refractivity contribution >= 4 is 23.4 Å². The third-order valence-electron chi connectivity index (χ3n) is 2.52. The molecule has 0 bridgehead atoms. The number of hydrogen-bond acceptors (Lipinski definition) is 6. The smallest absolute Gasteiger partial charge is 0.270 e. The van der Waals surface area contributed by atoms with Crippen LogP contribution in [0.1, 0.15) is 17.3 Å². The molecule has 8 heteroatoms. The lowest BCUT2D eigenvalue weighted by Gasteiger charge is -2.22. The van der Waals surface area contributed by atoms with Crippen LogP contribution in [0.15, 0.2) is 18.2 Å². The number of hydrogen-bond donors (Lipinski definition) is 3. The van der Waals surface area contributed by atoms with Crippen molar-refractivity contribution in [3.63, 3.8) is 0 Å². The molecule has 3 N–H and O–H groups in total. The molecule has 0 saturated heterocycles. The molecule has 0 radical (unpaired) electrons. The molecule has 20 heavy (non-hydrogen) atoms. The number of nitro groups is 1. The summed E-state index contributed by atoms with van der Waals surface area (Å²) in [5.41, 5.74) is -1.58. The highest BCUT2D eigenvalue weighted by atomic mass is 32.2. The van der Waals surface area contributed by atoms with Gasteiger partial charge in [0.25, 0.3) is 11.6 Å². The molecule has 1 atom stereocenters. The number of carbonyl (C=O) groups is 1. The second kappa shape index (κ2) is 6.58. The number of aromatic hydroxyl groups is 1. The second-order valence-corrected chi connectivity index (χ2v) is 5.44. The van der Waals surface area contributed by atoms with E-state index in [0.717, 1.165) is 18.2 Å². The zero-order valence-corrected chi connectivity index (χ0v) is 11.9. The van der Waals surface area contributed by atoms with Gasteiger partial charge in [-0.25, -0.2) is 0 Å². The molecule has 0 fully saturated rings. The van der Waals surface area contributed by atoms with Crippen LogP contribution < -0.4 is 5.32 Å². The van der Waals surface area contributed by atoms with Gasteiger partial charge in [-0.15, -0.1) is 0 Å². The Morgan fingerprint density at radius 1 is 1.55 bits per heavy atom. The van der Waals surface area contributed by atoms with Gasteiger partial charge in [0.05, 0.1) is 16.1 Å². The Balaban J connectivity index is 2.82. The molecular weight excluding hydrogens is 284 g/mol. The normalized spacial score (nSPS) is 13.6. The van der Waals surface area contributed by atoms with E-state index in [4.69, 9.17) is 0 Å². The summed E-state index contributed by atoms with van der Waals surface area (Å²) in [5, 5.41) is 32.6. The van der Waals surface area contributed by atoms with Crippen LogP contribution in [0.4, 0.5) is 5.69 Å². The quantitative estimate of drug-likeness (QED) is 0.536. The van der Waals surface area contributed by atoms with E-state index in [1.54, 1.807) is 6.92 Å². The van der Waals surface area contributed by atoms with E-state index < -0.39 is 16.4 Å². The summed E-state index contributed by atoms with van der Waals surface area (Å²) in [7, 11) is 0. The first-order chi connectivity index (χ1) is 9.26. The monoisotopic (exact) mass is 300 g/mol. The molecule has 0 heterocycles. The first-order valence-corrected chi connectivity index (χ1v) is 7.13. The number of amides is 1. The highest BCUT2D eigenvalue weighted by Gasteiger charge is 2.22. The third kappa shape index (κ3) is 4.39. The van der Waals surface area contributed by atoms with E-state index in [2.05, 4.69) is 5.32 Å². The summed E-state index contributed by atoms with van der Waals surface area (Å²) in [4.78, 5) is 21.9. The minimum atomic E-state index is -1.09. The van der Waals surface area contributed by atoms with Crippen molar-refractivity contribution in [2.24, 2.45) is 0 Å². The van der Waals surface area contributed by atoms with Crippen LogP contribution in [0.2, 0.25) is 0 Å². The van der Waals surface area contributed by atoms with E-state index in [1.807, 2.05) is 6.26 Å². The van der Waals surface area contributed by atoms with E-state index in [1.165, 1.54) is 11.8 Å². The summed E-state index contributed by atoms with van der Waals surface area (Å²) in [5.74, 6) is -0.598. The van der Waals surface area contributed by atoms with Crippen LogP contribution in [0.3, 0.4) is 0 Å². The first-order valence-electron chi connectivity index (χ1n) is 5.74. The molecule has 0 aromatic heterocycles. The second-order valence-electron chi connectivity index (χ2n) is 4.57. The molecule has 0 spiro atoms. The number of nitro benzene ring substituents is 1. The summed E-state index contributed by atoms with van der Waals surface area (Å²) in [6, 6.07) is 3.19. The minimum Gasteiger partial charge on any atom is -0.507 e. The lowest BCUT2D eigenvalue weighted by molar-refractivity contribution is -0.384. The Bertz CT molecular complexity index is 519. The molecule has 1 rings (SSSR count). The number of aliphatic hydroxyl groups is 1. The fourth-order valence-corrected chi connectivity index (χ4v) is 2.27. The van der Waals surface area contributed by atoms with Crippen molar-refractivity contribution in [2.45, 2.75) is 12.5 Å². The van der Waals surface area contributed by atoms with Gasteiger partial charge in [-0.3, -0.25) is 14.9 Å². The van der Waals surface area contributed by atoms with Crippen LogP contribution in [0.25, 0.3) is 0 Å². The number of non-ortho nitro benzene ring substituents is 1. The van der Waals surface area contributed by atoms with Gasteiger partial charge < -0.3 is 15.5 Å². The summed E-state index contributed by atoms with van der Waals surface area (Å²) in [6.07, 6.45) is 1.82. The lowest BCUT2D eigenvalue weighted by atomic mass is 10.1. The number of rotatable bonds is 6. The zero-order chi connectivity index (χ0) is 15.3. The maximum atomic E-state index is 11.9. The number of benzene rings is 1. The molecule has 7 nitrogen and oxygen atoms in total. The number of nitrogens with one attached hydrogen (secondary N) is 1. The van der Waals surface area contributed by atoms with E-state index in [-0.39, 0.29) is 23.5 Å². The topological polar surface area (TPSA) is 113 Å². The zero-order valence-electron chi connectivity index (χ0n) is 11.1. The fraction of sp³-hybridized carbons (Fsp3) is 0.417. The molecule has 110 valence electrons. The fourth-order valence-electron chi connectivity index (χ4n) is 1.55. The molecule has 1 amide bonds. The van der Waals surface area contributed by atoms with Crippen LogP contribution in [-0.2, 0) is 0 Å². The molecule has 0 aliphatic carbocycles. The van der Waals surface area contributed by atoms with Crippen molar-refractivity contribution in [1.29, 1.82) is 0 Å². The SMILES string of the molecule is CSC[C@@](C)(O)CNC(=O)c1cc([N+](=O)[O-])ccc1O. The third-order valence-corrected chi connectivity index (χ3v) is 3.43. The maximum absolute atomic E-state index is 11.9. The Labute approximate surface area is 120 Å². The highest BCUT2D eigenvalue weighted by Crippen LogP contribution is 2.23. The van der Waals surface area contributed by atoms with Crippen molar-refractivity contribution in [3.8, 4) is 5.75 Å². The molecule has 1 aromatic rings. The van der Waals surface area contributed by atoms with Crippen molar-refractivity contribution in [1.82, 2.24) is 5.32 Å². The molecular formula is C12H16N2O5S. The predicted molar refractivity (Wildman–Crippen MR) is 76.1 cm³/mol. The Kier molecular flexibility index (Phi) is 5.34. The van der Waals surface area contributed by atoms with Crippen LogP contribution in [0.5, 0.6) is 5.75 Å². The average molecular weight is 300 g/mol. The number of carbonyl (C=O) groups excluding carboxylic acids is 1. The van der Waals surface area contributed by atoms with Crippen LogP contribution in [-0.4, -0.2) is 45.2 Å². The van der Waals surface area contributed by atoms with Gasteiger partial charge in [0, 0.05) is 24.4 Å². The van der Waals surface area contributed by atoms with Gasteiger partial charge in [-0.1, -0.05) is 0 Å². The van der Waals surface area contributed by atoms with E-state index in [0.29, 0.717) is 5.75 Å². The van der Waals surface area contributed by atoms with Crippen LogP contribution >= 0.6 is 11.8 Å². The standard InChI is InChI=1S/C12H16N2O5S/c1-12(17,7-20-2)6-13-11(16)9-5-8(14(18)19)3-4-10(9)15/h3-5,15,17H,6-7H2,1-2H3,(H,13,16)/t12-/m0/s1. The Morgan fingerprint density at radius 2 is 2.20 bits per heavy atom. The number of phenols is 1.